The highest BCUT2D eigenvalue weighted by Gasteiger charge is 2.39. The summed E-state index contributed by atoms with van der Waals surface area (Å²) in [6.07, 6.45) is -8.67. The molecule has 0 unspecified atom stereocenters. The molecule has 0 atom stereocenters. The van der Waals surface area contributed by atoms with E-state index in [1.807, 2.05) is 26.8 Å². The Morgan fingerprint density at radius 3 is 2.02 bits per heavy atom. The van der Waals surface area contributed by atoms with Crippen LogP contribution in [0.5, 0.6) is 17.2 Å². The number of aromatic nitrogens is 2. The summed E-state index contributed by atoms with van der Waals surface area (Å²) in [5.41, 5.74) is 8.48. The van der Waals surface area contributed by atoms with E-state index in [0.29, 0.717) is 35.1 Å². The van der Waals surface area contributed by atoms with Crippen LogP contribution < -0.4 is 20.1 Å². The van der Waals surface area contributed by atoms with Crippen molar-refractivity contribution in [1.29, 1.82) is 5.41 Å². The molecule has 4 rings (SSSR count). The zero-order valence-corrected chi connectivity index (χ0v) is 26.9. The summed E-state index contributed by atoms with van der Waals surface area (Å²) in [5, 5.41) is 31.8. The molecule has 3 aromatic carbocycles. The second kappa shape index (κ2) is 17.6. The Labute approximate surface area is 285 Å². The first-order valence-corrected chi connectivity index (χ1v) is 14.4. The van der Waals surface area contributed by atoms with Crippen molar-refractivity contribution in [2.24, 2.45) is 5.73 Å². The molecular weight excluding hydrogens is 699 g/mol. The number of anilines is 2. The van der Waals surface area contributed by atoms with Gasteiger partial charge in [-0.25, -0.2) is 19.0 Å². The molecule has 0 aliphatic heterocycles. The predicted octanol–water partition coefficient (Wildman–Crippen LogP) is 7.00. The molecule has 276 valence electrons. The number of alkyl halides is 6. The number of aromatic amines is 1. The summed E-state index contributed by atoms with van der Waals surface area (Å²) in [7, 11) is 0. The number of benzene rings is 3. The molecule has 0 aliphatic carbocycles. The lowest BCUT2D eigenvalue weighted by Gasteiger charge is -2.26. The number of rotatable bonds is 10. The Bertz CT molecular complexity index is 1770. The molecule has 0 radical (unpaired) electrons. The maximum Gasteiger partial charge on any atom is 0.490 e. The van der Waals surface area contributed by atoms with Gasteiger partial charge in [-0.3, -0.25) is 5.41 Å². The number of hydrogen-bond donors (Lipinski definition) is 6. The number of halogens is 7. The Kier molecular flexibility index (Phi) is 14.2. The van der Waals surface area contributed by atoms with E-state index in [1.54, 1.807) is 65.7 Å². The standard InChI is InChI=1S/C28H30FN5O3.2C2HF3O2/c1-4-36-22-13-24(27(29)25(14-22)37-17(2)3)34(20-10-8-18(9-11-20)28(30)31)16-26-32-15-23(33-26)19-6-5-7-21(35)12-19;2*3-2(4,5)1(6)7/h5-15,17,35H,4,16H2,1-3H3,(H3,30,31)(H,32,33);2*(H,6,7). The van der Waals surface area contributed by atoms with Crippen LogP contribution in [0.4, 0.5) is 42.1 Å². The van der Waals surface area contributed by atoms with E-state index in [-0.39, 0.29) is 35.7 Å². The number of carboxylic acid groups (broad SMARTS) is 2. The first-order valence-electron chi connectivity index (χ1n) is 14.4. The third-order valence-corrected chi connectivity index (χ3v) is 6.01. The molecule has 0 amide bonds. The summed E-state index contributed by atoms with van der Waals surface area (Å²) in [5.74, 6) is -4.84. The van der Waals surface area contributed by atoms with Crippen molar-refractivity contribution in [2.75, 3.05) is 11.5 Å². The topological polar surface area (TPSA) is 195 Å². The summed E-state index contributed by atoms with van der Waals surface area (Å²) in [4.78, 5) is 27.4. The van der Waals surface area contributed by atoms with Gasteiger partial charge >= 0.3 is 24.3 Å². The van der Waals surface area contributed by atoms with Crippen LogP contribution in [0.1, 0.15) is 32.2 Å². The number of nitrogens with zero attached hydrogens (tertiary/aromatic N) is 2. The number of nitrogens with two attached hydrogens (primary N) is 1. The van der Waals surface area contributed by atoms with Crippen LogP contribution in [0.15, 0.2) is 66.9 Å². The minimum atomic E-state index is -5.08. The zero-order chi connectivity index (χ0) is 38.7. The Morgan fingerprint density at radius 2 is 1.55 bits per heavy atom. The molecule has 51 heavy (non-hydrogen) atoms. The van der Waals surface area contributed by atoms with E-state index in [0.717, 1.165) is 5.56 Å². The van der Waals surface area contributed by atoms with E-state index in [4.69, 9.17) is 40.4 Å². The van der Waals surface area contributed by atoms with Gasteiger partial charge in [0.05, 0.1) is 30.6 Å². The van der Waals surface area contributed by atoms with Crippen LogP contribution in [-0.2, 0) is 16.1 Å². The normalized spacial score (nSPS) is 11.0. The summed E-state index contributed by atoms with van der Waals surface area (Å²) < 4.78 is 90.8. The van der Waals surface area contributed by atoms with Crippen molar-refractivity contribution in [3.05, 3.63) is 84.1 Å². The van der Waals surface area contributed by atoms with E-state index in [1.165, 1.54) is 0 Å². The van der Waals surface area contributed by atoms with Gasteiger partial charge in [0.2, 0.25) is 0 Å². The lowest BCUT2D eigenvalue weighted by Crippen LogP contribution is -2.21. The number of ether oxygens (including phenoxy) is 2. The average Bonchev–Trinajstić information content (AvgIpc) is 3.50. The molecule has 4 aromatic rings. The first kappa shape index (κ1) is 41.2. The Morgan fingerprint density at radius 1 is 0.980 bits per heavy atom. The summed E-state index contributed by atoms with van der Waals surface area (Å²) >= 11 is 0. The molecule has 0 fully saturated rings. The quantitative estimate of drug-likeness (QED) is 0.0562. The molecule has 0 saturated carbocycles. The Balaban J connectivity index is 0.000000543. The number of imidazole rings is 1. The van der Waals surface area contributed by atoms with Crippen LogP contribution in [0, 0.1) is 11.2 Å². The predicted molar refractivity (Wildman–Crippen MR) is 170 cm³/mol. The molecule has 0 saturated heterocycles. The number of phenols is 1. The monoisotopic (exact) mass is 731 g/mol. The van der Waals surface area contributed by atoms with Gasteiger partial charge < -0.3 is 40.4 Å². The number of aromatic hydroxyl groups is 1. The minimum absolute atomic E-state index is 0.0583. The molecular formula is C32H32F7N5O7. The van der Waals surface area contributed by atoms with Crippen LogP contribution in [0.25, 0.3) is 11.3 Å². The van der Waals surface area contributed by atoms with Gasteiger partial charge in [0.25, 0.3) is 0 Å². The van der Waals surface area contributed by atoms with E-state index in [2.05, 4.69) is 9.97 Å². The van der Waals surface area contributed by atoms with Crippen molar-refractivity contribution in [3.8, 4) is 28.5 Å². The lowest BCUT2D eigenvalue weighted by atomic mass is 10.1. The molecule has 1 aromatic heterocycles. The number of amidine groups is 1. The number of carboxylic acids is 2. The molecule has 19 heteroatoms. The third-order valence-electron chi connectivity index (χ3n) is 6.01. The van der Waals surface area contributed by atoms with E-state index in [9.17, 15) is 31.4 Å². The van der Waals surface area contributed by atoms with Crippen LogP contribution in [0.2, 0.25) is 0 Å². The SMILES string of the molecule is CCOc1cc(OC(C)C)c(F)c(N(Cc2nc(-c3cccc(O)c3)c[nH]2)c2ccc(C(=N)N)cc2)c1.O=C(O)C(F)(F)F.O=C(O)C(F)(F)F. The van der Waals surface area contributed by atoms with Gasteiger partial charge in [-0.1, -0.05) is 12.1 Å². The maximum absolute atomic E-state index is 15.9. The van der Waals surface area contributed by atoms with Gasteiger partial charge in [-0.2, -0.15) is 26.3 Å². The highest BCUT2D eigenvalue weighted by atomic mass is 19.4. The number of H-pyrrole nitrogens is 1. The number of carbonyl (C=O) groups is 2. The lowest BCUT2D eigenvalue weighted by molar-refractivity contribution is -0.193. The second-order valence-corrected chi connectivity index (χ2v) is 10.3. The zero-order valence-electron chi connectivity index (χ0n) is 26.9. The fourth-order valence-corrected chi connectivity index (χ4v) is 3.89. The van der Waals surface area contributed by atoms with Crippen molar-refractivity contribution in [2.45, 2.75) is 45.8 Å². The van der Waals surface area contributed by atoms with E-state index < -0.39 is 30.1 Å². The van der Waals surface area contributed by atoms with Gasteiger partial charge in [-0.15, -0.1) is 0 Å². The van der Waals surface area contributed by atoms with Gasteiger partial charge in [0, 0.05) is 35.1 Å². The molecule has 0 bridgehead atoms. The number of nitrogen functional groups attached to an aromatic ring is 1. The van der Waals surface area contributed by atoms with Crippen molar-refractivity contribution in [1.82, 2.24) is 9.97 Å². The van der Waals surface area contributed by atoms with Gasteiger partial charge in [0.15, 0.2) is 11.6 Å². The van der Waals surface area contributed by atoms with Gasteiger partial charge in [0.1, 0.15) is 23.2 Å². The Hall–Kier alpha value is -6.01. The average molecular weight is 732 g/mol. The third kappa shape index (κ3) is 12.8. The highest BCUT2D eigenvalue weighted by Crippen LogP contribution is 2.38. The second-order valence-electron chi connectivity index (χ2n) is 10.3. The fraction of sp³-hybridized carbons (Fsp3) is 0.250. The molecule has 0 aliphatic rings. The summed E-state index contributed by atoms with van der Waals surface area (Å²) in [6.45, 7) is 6.11. The van der Waals surface area contributed by atoms with Crippen LogP contribution in [0.3, 0.4) is 0 Å². The first-order chi connectivity index (χ1) is 23.6. The molecule has 7 N–H and O–H groups in total. The van der Waals surface area contributed by atoms with E-state index >= 15 is 4.39 Å². The number of aliphatic carboxylic acids is 2. The summed E-state index contributed by atoms with van der Waals surface area (Å²) in [6, 6.07) is 16.9. The van der Waals surface area contributed by atoms with Crippen LogP contribution in [-0.4, -0.2) is 68.1 Å². The smallest absolute Gasteiger partial charge is 0.490 e. The molecule has 0 spiro atoms. The largest absolute Gasteiger partial charge is 0.508 e. The number of nitrogens with one attached hydrogen (secondary N) is 2. The number of hydrogen-bond acceptors (Lipinski definition) is 8. The van der Waals surface area contributed by atoms with Gasteiger partial charge in [-0.05, 0) is 57.2 Å². The minimum Gasteiger partial charge on any atom is -0.508 e. The molecule has 1 heterocycles. The van der Waals surface area contributed by atoms with Crippen molar-refractivity contribution in [3.63, 3.8) is 0 Å². The van der Waals surface area contributed by atoms with Crippen molar-refractivity contribution < 1.29 is 65.1 Å². The molecule has 12 nitrogen and oxygen atoms in total. The van der Waals surface area contributed by atoms with Crippen molar-refractivity contribution >= 4 is 29.1 Å². The van der Waals surface area contributed by atoms with Crippen LogP contribution >= 0.6 is 0 Å². The highest BCUT2D eigenvalue weighted by molar-refractivity contribution is 5.95. The maximum atomic E-state index is 15.9. The number of phenolic OH excluding ortho intramolecular Hbond substituents is 1. The fourth-order valence-electron chi connectivity index (χ4n) is 3.89.